The van der Waals surface area contributed by atoms with E-state index in [2.05, 4.69) is 17.9 Å². The Morgan fingerprint density at radius 2 is 2.36 bits per heavy atom. The molecule has 4 heteroatoms. The largest absolute Gasteiger partial charge is 0.390 e. The molecule has 0 atom stereocenters. The highest BCUT2D eigenvalue weighted by atomic mass is 32.1. The van der Waals surface area contributed by atoms with Gasteiger partial charge in [0.2, 0.25) is 0 Å². The molecule has 0 unspecified atom stereocenters. The lowest BCUT2D eigenvalue weighted by molar-refractivity contribution is 0.649. The minimum absolute atomic E-state index is 0.863. The second-order valence-electron chi connectivity index (χ2n) is 2.64. The summed E-state index contributed by atoms with van der Waals surface area (Å²) in [5, 5.41) is 4.17. The first-order chi connectivity index (χ1) is 5.29. The molecular weight excluding hydrogens is 176 g/mol. The van der Waals surface area contributed by atoms with Crippen molar-refractivity contribution in [2.75, 3.05) is 12.3 Å². The van der Waals surface area contributed by atoms with E-state index >= 15 is 0 Å². The molecule has 60 valence electrons. The molecule has 2 nitrogen and oxygen atoms in total. The molecule has 0 amide bonds. The average Bonchev–Trinajstić information content (AvgIpc) is 2.30. The third kappa shape index (κ3) is 1.15. The molecule has 0 fully saturated rings. The fraction of sp³-hybridized carbons (Fsp3) is 0.429. The molecule has 0 saturated carbocycles. The van der Waals surface area contributed by atoms with Crippen LogP contribution in [0.2, 0.25) is 0 Å². The lowest BCUT2D eigenvalue weighted by Crippen LogP contribution is -2.22. The zero-order valence-electron chi connectivity index (χ0n) is 6.05. The van der Waals surface area contributed by atoms with Crippen molar-refractivity contribution in [1.82, 2.24) is 5.32 Å². The van der Waals surface area contributed by atoms with Crippen molar-refractivity contribution in [2.24, 2.45) is 0 Å². The van der Waals surface area contributed by atoms with E-state index in [4.69, 9.17) is 5.73 Å². The standard InChI is InChI=1S/C7H10N2S2/c8-7-6(10)4-1-2-9-3-5(4)11-7/h9-10H,1-3,8H2. The summed E-state index contributed by atoms with van der Waals surface area (Å²) in [4.78, 5) is 2.37. The molecule has 2 rings (SSSR count). The van der Waals surface area contributed by atoms with Gasteiger partial charge in [0.25, 0.3) is 0 Å². The number of nitrogens with one attached hydrogen (secondary N) is 1. The number of nitrogens with two attached hydrogens (primary N) is 1. The highest BCUT2D eigenvalue weighted by Crippen LogP contribution is 2.35. The van der Waals surface area contributed by atoms with Crippen LogP contribution in [-0.2, 0) is 13.0 Å². The molecule has 3 N–H and O–H groups in total. The van der Waals surface area contributed by atoms with Crippen molar-refractivity contribution in [2.45, 2.75) is 17.9 Å². The maximum absolute atomic E-state index is 5.73. The second kappa shape index (κ2) is 2.69. The maximum atomic E-state index is 5.73. The molecule has 1 aliphatic heterocycles. The molecule has 11 heavy (non-hydrogen) atoms. The van der Waals surface area contributed by atoms with Crippen molar-refractivity contribution in [3.05, 3.63) is 10.4 Å². The first kappa shape index (κ1) is 7.46. The van der Waals surface area contributed by atoms with E-state index in [1.165, 1.54) is 10.4 Å². The monoisotopic (exact) mass is 186 g/mol. The molecule has 0 bridgehead atoms. The van der Waals surface area contributed by atoms with E-state index in [1.807, 2.05) is 0 Å². The molecule has 1 aromatic rings. The van der Waals surface area contributed by atoms with Gasteiger partial charge < -0.3 is 11.1 Å². The smallest absolute Gasteiger partial charge is 0.0998 e. The van der Waals surface area contributed by atoms with Gasteiger partial charge in [0.1, 0.15) is 0 Å². The Balaban J connectivity index is 2.50. The Labute approximate surface area is 75.2 Å². The minimum Gasteiger partial charge on any atom is -0.390 e. The fourth-order valence-electron chi connectivity index (χ4n) is 1.34. The summed E-state index contributed by atoms with van der Waals surface area (Å²) in [6.07, 6.45) is 1.07. The van der Waals surface area contributed by atoms with E-state index in [1.54, 1.807) is 11.3 Å². The van der Waals surface area contributed by atoms with E-state index in [-0.39, 0.29) is 0 Å². The fourth-order valence-corrected chi connectivity index (χ4v) is 2.79. The van der Waals surface area contributed by atoms with Gasteiger partial charge >= 0.3 is 0 Å². The third-order valence-corrected chi connectivity index (χ3v) is 3.65. The van der Waals surface area contributed by atoms with Crippen molar-refractivity contribution in [3.8, 4) is 0 Å². The topological polar surface area (TPSA) is 38.0 Å². The highest BCUT2D eigenvalue weighted by Gasteiger charge is 2.16. The molecule has 0 aliphatic carbocycles. The van der Waals surface area contributed by atoms with Gasteiger partial charge in [-0.1, -0.05) is 0 Å². The lowest BCUT2D eigenvalue weighted by atomic mass is 10.1. The van der Waals surface area contributed by atoms with Gasteiger partial charge in [-0.05, 0) is 18.5 Å². The van der Waals surface area contributed by atoms with E-state index in [9.17, 15) is 0 Å². The molecule has 1 aromatic heterocycles. The first-order valence-electron chi connectivity index (χ1n) is 3.58. The van der Waals surface area contributed by atoms with Crippen LogP contribution in [0.3, 0.4) is 0 Å². The Hall–Kier alpha value is -0.190. The second-order valence-corrected chi connectivity index (χ2v) is 4.23. The molecule has 2 heterocycles. The molecule has 1 aliphatic rings. The predicted octanol–water partition coefficient (Wildman–Crippen LogP) is 1.26. The van der Waals surface area contributed by atoms with Crippen LogP contribution in [0.25, 0.3) is 0 Å². The summed E-state index contributed by atoms with van der Waals surface area (Å²) in [6, 6.07) is 0. The molecule has 0 spiro atoms. The van der Waals surface area contributed by atoms with Gasteiger partial charge in [-0.25, -0.2) is 0 Å². The van der Waals surface area contributed by atoms with Crippen LogP contribution in [0.15, 0.2) is 4.90 Å². The van der Waals surface area contributed by atoms with Gasteiger partial charge in [0, 0.05) is 16.3 Å². The van der Waals surface area contributed by atoms with Crippen molar-refractivity contribution in [3.63, 3.8) is 0 Å². The minimum atomic E-state index is 0.863. The maximum Gasteiger partial charge on any atom is 0.0998 e. The van der Waals surface area contributed by atoms with Crippen molar-refractivity contribution >= 4 is 29.0 Å². The number of anilines is 1. The molecule has 0 saturated heterocycles. The van der Waals surface area contributed by atoms with Gasteiger partial charge in [-0.3, -0.25) is 0 Å². The van der Waals surface area contributed by atoms with Gasteiger partial charge in [-0.2, -0.15) is 0 Å². The first-order valence-corrected chi connectivity index (χ1v) is 4.85. The quantitative estimate of drug-likeness (QED) is 0.534. The van der Waals surface area contributed by atoms with Crippen LogP contribution in [0.4, 0.5) is 5.00 Å². The zero-order valence-corrected chi connectivity index (χ0v) is 7.77. The number of hydrogen-bond acceptors (Lipinski definition) is 4. The third-order valence-electron chi connectivity index (χ3n) is 1.93. The molecule has 0 aromatic carbocycles. The van der Waals surface area contributed by atoms with E-state index < -0.39 is 0 Å². The van der Waals surface area contributed by atoms with Gasteiger partial charge in [0.15, 0.2) is 0 Å². The summed E-state index contributed by atoms with van der Waals surface area (Å²) in [5.41, 5.74) is 7.09. The van der Waals surface area contributed by atoms with Gasteiger partial charge in [0.05, 0.1) is 5.00 Å². The van der Waals surface area contributed by atoms with E-state index in [0.29, 0.717) is 0 Å². The summed E-state index contributed by atoms with van der Waals surface area (Å²) >= 11 is 6.01. The van der Waals surface area contributed by atoms with Crippen LogP contribution in [-0.4, -0.2) is 6.54 Å². The zero-order chi connectivity index (χ0) is 7.84. The van der Waals surface area contributed by atoms with E-state index in [0.717, 1.165) is 29.4 Å². The number of nitrogen functional groups attached to an aromatic ring is 1. The predicted molar refractivity (Wildman–Crippen MR) is 51.4 cm³/mol. The van der Waals surface area contributed by atoms with Crippen molar-refractivity contribution in [1.29, 1.82) is 0 Å². The van der Waals surface area contributed by atoms with Crippen LogP contribution < -0.4 is 11.1 Å². The van der Waals surface area contributed by atoms with Crippen molar-refractivity contribution < 1.29 is 0 Å². The number of thiophene rings is 1. The number of thiol groups is 1. The number of rotatable bonds is 0. The van der Waals surface area contributed by atoms with Gasteiger partial charge in [-0.15, -0.1) is 24.0 Å². The highest BCUT2D eigenvalue weighted by molar-refractivity contribution is 7.80. The normalized spacial score (nSPS) is 16.5. The molecule has 0 radical (unpaired) electrons. The summed E-state index contributed by atoms with van der Waals surface area (Å²) in [7, 11) is 0. The summed E-state index contributed by atoms with van der Waals surface area (Å²) < 4.78 is 0. The van der Waals surface area contributed by atoms with Crippen LogP contribution in [0, 0.1) is 0 Å². The van der Waals surface area contributed by atoms with Crippen LogP contribution >= 0.6 is 24.0 Å². The average molecular weight is 186 g/mol. The lowest BCUT2D eigenvalue weighted by Gasteiger charge is -2.12. The Morgan fingerprint density at radius 3 is 3.09 bits per heavy atom. The summed E-state index contributed by atoms with van der Waals surface area (Å²) in [6.45, 7) is 2.02. The number of fused-ring (bicyclic) bond motifs is 1. The van der Waals surface area contributed by atoms with Crippen LogP contribution in [0.5, 0.6) is 0 Å². The molecular formula is C7H10N2S2. The SMILES string of the molecule is Nc1sc2c(c1S)CCNC2. The van der Waals surface area contributed by atoms with Crippen LogP contribution in [0.1, 0.15) is 10.4 Å². The Morgan fingerprint density at radius 1 is 1.55 bits per heavy atom. The summed E-state index contributed by atoms with van der Waals surface area (Å²) in [5.74, 6) is 0. The Kier molecular flexibility index (Phi) is 1.83. The number of hydrogen-bond donors (Lipinski definition) is 3. The Bertz CT molecular complexity index is 280.